The number of nitrogens with one attached hydrogen (secondary N) is 1. The summed E-state index contributed by atoms with van der Waals surface area (Å²) in [7, 11) is 0. The standard InChI is InChI=1S/C18H22N2/c1-2-15-10-19-9-8-17(15)16(3-1)11-20-12-18(13-4-5-13)14-6-7-14/h1-3,8-10,13-14,18,20H,4-7,11-12H2. The summed E-state index contributed by atoms with van der Waals surface area (Å²) in [5.41, 5.74) is 1.40. The maximum atomic E-state index is 4.21. The molecule has 2 nitrogen and oxygen atoms in total. The molecule has 104 valence electrons. The monoisotopic (exact) mass is 266 g/mol. The molecule has 4 rings (SSSR count). The topological polar surface area (TPSA) is 24.9 Å². The number of aromatic nitrogens is 1. The van der Waals surface area contributed by atoms with Crippen molar-refractivity contribution < 1.29 is 0 Å². The Morgan fingerprint density at radius 2 is 1.90 bits per heavy atom. The minimum absolute atomic E-state index is 0.951. The summed E-state index contributed by atoms with van der Waals surface area (Å²) in [4.78, 5) is 4.21. The normalized spacial score (nSPS) is 18.9. The zero-order valence-corrected chi connectivity index (χ0v) is 11.9. The van der Waals surface area contributed by atoms with Crippen LogP contribution < -0.4 is 5.32 Å². The number of rotatable bonds is 6. The summed E-state index contributed by atoms with van der Waals surface area (Å²) < 4.78 is 0. The molecule has 0 unspecified atom stereocenters. The second-order valence-electron chi connectivity index (χ2n) is 6.48. The molecule has 0 spiro atoms. The Bertz CT molecular complexity index is 582. The minimum Gasteiger partial charge on any atom is -0.312 e. The number of benzene rings is 1. The van der Waals surface area contributed by atoms with E-state index in [1.807, 2.05) is 12.4 Å². The summed E-state index contributed by atoms with van der Waals surface area (Å²) in [6, 6.07) is 8.65. The molecule has 1 N–H and O–H groups in total. The molecule has 1 aromatic carbocycles. The zero-order chi connectivity index (χ0) is 13.4. The molecule has 0 atom stereocenters. The first-order chi connectivity index (χ1) is 9.92. The molecule has 2 aliphatic carbocycles. The van der Waals surface area contributed by atoms with Gasteiger partial charge in [0.05, 0.1) is 0 Å². The molecular formula is C18H22N2. The van der Waals surface area contributed by atoms with E-state index in [0.29, 0.717) is 0 Å². The molecule has 2 saturated carbocycles. The van der Waals surface area contributed by atoms with Crippen molar-refractivity contribution in [1.29, 1.82) is 0 Å². The highest BCUT2D eigenvalue weighted by Gasteiger charge is 2.40. The van der Waals surface area contributed by atoms with Crippen LogP contribution in [0.5, 0.6) is 0 Å². The Morgan fingerprint density at radius 3 is 2.65 bits per heavy atom. The molecular weight excluding hydrogens is 244 g/mol. The largest absolute Gasteiger partial charge is 0.312 e. The summed E-state index contributed by atoms with van der Waals surface area (Å²) in [5.74, 6) is 3.02. The van der Waals surface area contributed by atoms with Gasteiger partial charge >= 0.3 is 0 Å². The minimum atomic E-state index is 0.951. The highest BCUT2D eigenvalue weighted by Crippen LogP contribution is 2.48. The summed E-state index contributed by atoms with van der Waals surface area (Å²) in [6.07, 6.45) is 9.75. The second-order valence-corrected chi connectivity index (χ2v) is 6.48. The third kappa shape index (κ3) is 2.57. The number of hydrogen-bond donors (Lipinski definition) is 1. The van der Waals surface area contributed by atoms with Crippen LogP contribution in [0.4, 0.5) is 0 Å². The lowest BCUT2D eigenvalue weighted by atomic mass is 9.97. The Labute approximate surface area is 120 Å². The van der Waals surface area contributed by atoms with Gasteiger partial charge in [-0.1, -0.05) is 18.2 Å². The van der Waals surface area contributed by atoms with E-state index in [4.69, 9.17) is 0 Å². The van der Waals surface area contributed by atoms with Gasteiger partial charge in [0, 0.05) is 24.3 Å². The van der Waals surface area contributed by atoms with Gasteiger partial charge in [0.15, 0.2) is 0 Å². The molecule has 2 fully saturated rings. The van der Waals surface area contributed by atoms with Crippen LogP contribution in [-0.2, 0) is 6.54 Å². The van der Waals surface area contributed by atoms with Gasteiger partial charge in [0.25, 0.3) is 0 Å². The van der Waals surface area contributed by atoms with Crippen LogP contribution in [0, 0.1) is 17.8 Å². The maximum absolute atomic E-state index is 4.21. The van der Waals surface area contributed by atoms with Crippen LogP contribution in [0.1, 0.15) is 31.2 Å². The fourth-order valence-corrected chi connectivity index (χ4v) is 3.48. The smallest absolute Gasteiger partial charge is 0.0346 e. The number of pyridine rings is 1. The Balaban J connectivity index is 1.42. The van der Waals surface area contributed by atoms with Gasteiger partial charge in [-0.3, -0.25) is 4.98 Å². The van der Waals surface area contributed by atoms with Gasteiger partial charge in [-0.2, -0.15) is 0 Å². The van der Waals surface area contributed by atoms with Gasteiger partial charge in [-0.25, -0.2) is 0 Å². The van der Waals surface area contributed by atoms with Gasteiger partial charge in [-0.15, -0.1) is 0 Å². The van der Waals surface area contributed by atoms with E-state index >= 15 is 0 Å². The molecule has 2 aromatic rings. The van der Waals surface area contributed by atoms with Gasteiger partial charge in [-0.05, 0) is 67.0 Å². The van der Waals surface area contributed by atoms with Crippen LogP contribution in [0.15, 0.2) is 36.7 Å². The zero-order valence-electron chi connectivity index (χ0n) is 11.9. The van der Waals surface area contributed by atoms with Gasteiger partial charge < -0.3 is 5.32 Å². The van der Waals surface area contributed by atoms with E-state index in [0.717, 1.165) is 24.3 Å². The van der Waals surface area contributed by atoms with Gasteiger partial charge in [0.1, 0.15) is 0 Å². The van der Waals surface area contributed by atoms with Crippen LogP contribution >= 0.6 is 0 Å². The molecule has 0 radical (unpaired) electrons. The Hall–Kier alpha value is -1.41. The maximum Gasteiger partial charge on any atom is 0.0346 e. The third-order valence-corrected chi connectivity index (χ3v) is 4.92. The van der Waals surface area contributed by atoms with E-state index in [2.05, 4.69) is 34.6 Å². The predicted octanol–water partition coefficient (Wildman–Crippen LogP) is 3.76. The molecule has 2 heteroatoms. The third-order valence-electron chi connectivity index (χ3n) is 4.92. The number of nitrogens with zero attached hydrogens (tertiary/aromatic N) is 1. The lowest BCUT2D eigenvalue weighted by Gasteiger charge is -2.16. The van der Waals surface area contributed by atoms with E-state index < -0.39 is 0 Å². The van der Waals surface area contributed by atoms with E-state index in [-0.39, 0.29) is 0 Å². The summed E-state index contributed by atoms with van der Waals surface area (Å²) in [6.45, 7) is 2.19. The second kappa shape index (κ2) is 5.17. The van der Waals surface area contributed by atoms with Crippen molar-refractivity contribution in [3.63, 3.8) is 0 Å². The van der Waals surface area contributed by atoms with Crippen LogP contribution in [0.3, 0.4) is 0 Å². The average molecular weight is 266 g/mol. The number of fused-ring (bicyclic) bond motifs is 1. The first kappa shape index (κ1) is 12.3. The fourth-order valence-electron chi connectivity index (χ4n) is 3.48. The van der Waals surface area contributed by atoms with E-state index in [1.165, 1.54) is 48.6 Å². The van der Waals surface area contributed by atoms with Crippen molar-refractivity contribution in [2.75, 3.05) is 6.54 Å². The fraction of sp³-hybridized carbons (Fsp3) is 0.500. The van der Waals surface area contributed by atoms with Crippen LogP contribution in [0.2, 0.25) is 0 Å². The molecule has 1 heterocycles. The summed E-state index contributed by atoms with van der Waals surface area (Å²) in [5, 5.41) is 6.30. The predicted molar refractivity (Wildman–Crippen MR) is 82.4 cm³/mol. The van der Waals surface area contributed by atoms with Crippen molar-refractivity contribution in [1.82, 2.24) is 10.3 Å². The Kier molecular flexibility index (Phi) is 3.19. The molecule has 1 aromatic heterocycles. The van der Waals surface area contributed by atoms with E-state index in [9.17, 15) is 0 Å². The lowest BCUT2D eigenvalue weighted by molar-refractivity contribution is 0.379. The first-order valence-electron chi connectivity index (χ1n) is 7.94. The molecule has 2 aliphatic rings. The molecule has 0 bridgehead atoms. The first-order valence-corrected chi connectivity index (χ1v) is 7.94. The van der Waals surface area contributed by atoms with Crippen molar-refractivity contribution >= 4 is 10.8 Å². The lowest BCUT2D eigenvalue weighted by Crippen LogP contribution is -2.25. The van der Waals surface area contributed by atoms with Crippen molar-refractivity contribution in [3.05, 3.63) is 42.2 Å². The average Bonchev–Trinajstić information content (AvgIpc) is 3.38. The van der Waals surface area contributed by atoms with Crippen molar-refractivity contribution in [3.8, 4) is 0 Å². The van der Waals surface area contributed by atoms with E-state index in [1.54, 1.807) is 0 Å². The Morgan fingerprint density at radius 1 is 1.10 bits per heavy atom. The molecule has 0 amide bonds. The molecule has 20 heavy (non-hydrogen) atoms. The quantitative estimate of drug-likeness (QED) is 0.861. The highest BCUT2D eigenvalue weighted by atomic mass is 14.9. The van der Waals surface area contributed by atoms with Crippen LogP contribution in [0.25, 0.3) is 10.8 Å². The van der Waals surface area contributed by atoms with Crippen LogP contribution in [-0.4, -0.2) is 11.5 Å². The van der Waals surface area contributed by atoms with Gasteiger partial charge in [0.2, 0.25) is 0 Å². The highest BCUT2D eigenvalue weighted by molar-refractivity contribution is 5.84. The van der Waals surface area contributed by atoms with Crippen molar-refractivity contribution in [2.24, 2.45) is 17.8 Å². The summed E-state index contributed by atoms with van der Waals surface area (Å²) >= 11 is 0. The van der Waals surface area contributed by atoms with Crippen molar-refractivity contribution in [2.45, 2.75) is 32.2 Å². The SMILES string of the molecule is c1cc(CNCC(C2CC2)C2CC2)c2ccncc2c1. The molecule has 0 saturated heterocycles. The number of hydrogen-bond acceptors (Lipinski definition) is 2. The molecule has 0 aliphatic heterocycles.